The minimum Gasteiger partial charge on any atom is -0.436 e. The van der Waals surface area contributed by atoms with Gasteiger partial charge in [0, 0.05) is 24.2 Å². The van der Waals surface area contributed by atoms with E-state index < -0.39 is 6.10 Å². The molecule has 1 fully saturated rings. The number of hydrogen-bond acceptors (Lipinski definition) is 4. The summed E-state index contributed by atoms with van der Waals surface area (Å²) in [5.74, 6) is 0.960. The Morgan fingerprint density at radius 1 is 1.08 bits per heavy atom. The van der Waals surface area contributed by atoms with Gasteiger partial charge < -0.3 is 14.4 Å². The first-order valence-electron chi connectivity index (χ1n) is 7.80. The van der Waals surface area contributed by atoms with Gasteiger partial charge in [0.15, 0.2) is 5.76 Å². The molecule has 1 amide bonds. The molecule has 0 unspecified atom stereocenters. The van der Waals surface area contributed by atoms with Crippen molar-refractivity contribution in [1.29, 1.82) is 0 Å². The third kappa shape index (κ3) is 2.59. The molecule has 0 saturated carbocycles. The number of carbonyl (C=O) groups excluding carboxylic acids is 1. The van der Waals surface area contributed by atoms with E-state index in [0.717, 1.165) is 5.56 Å². The maximum Gasteiger partial charge on any atom is 0.254 e. The van der Waals surface area contributed by atoms with Gasteiger partial charge >= 0.3 is 0 Å². The van der Waals surface area contributed by atoms with Gasteiger partial charge in [0.1, 0.15) is 0 Å². The SMILES string of the molecule is O=C(c1ccccc1-c1ncc(-c2ccccc2)o1)N1CC(O)C1. The van der Waals surface area contributed by atoms with Gasteiger partial charge in [-0.25, -0.2) is 4.98 Å². The van der Waals surface area contributed by atoms with Crippen LogP contribution in [0.3, 0.4) is 0 Å². The van der Waals surface area contributed by atoms with E-state index in [-0.39, 0.29) is 5.91 Å². The molecule has 1 aliphatic rings. The molecule has 3 aromatic rings. The molecule has 5 nitrogen and oxygen atoms in total. The number of likely N-dealkylation sites (tertiary alicyclic amines) is 1. The van der Waals surface area contributed by atoms with Gasteiger partial charge in [0.2, 0.25) is 5.89 Å². The van der Waals surface area contributed by atoms with Crippen molar-refractivity contribution < 1.29 is 14.3 Å². The summed E-state index contributed by atoms with van der Waals surface area (Å²) in [4.78, 5) is 18.5. The Labute approximate surface area is 139 Å². The molecule has 0 bridgehead atoms. The number of rotatable bonds is 3. The lowest BCUT2D eigenvalue weighted by Gasteiger charge is -2.36. The summed E-state index contributed by atoms with van der Waals surface area (Å²) < 4.78 is 5.87. The number of benzene rings is 2. The molecule has 1 aromatic heterocycles. The number of aliphatic hydroxyl groups excluding tert-OH is 1. The molecule has 1 N–H and O–H groups in total. The molecule has 5 heteroatoms. The highest BCUT2D eigenvalue weighted by molar-refractivity contribution is 6.00. The summed E-state index contributed by atoms with van der Waals surface area (Å²) in [6.07, 6.45) is 1.24. The van der Waals surface area contributed by atoms with Gasteiger partial charge in [0.05, 0.1) is 17.9 Å². The highest BCUT2D eigenvalue weighted by atomic mass is 16.4. The van der Waals surface area contributed by atoms with E-state index in [0.29, 0.717) is 35.9 Å². The van der Waals surface area contributed by atoms with Crippen LogP contribution in [0, 0.1) is 0 Å². The summed E-state index contributed by atoms with van der Waals surface area (Å²) in [5, 5.41) is 9.41. The van der Waals surface area contributed by atoms with E-state index >= 15 is 0 Å². The number of hydrogen-bond donors (Lipinski definition) is 1. The zero-order chi connectivity index (χ0) is 16.5. The molecule has 1 aliphatic heterocycles. The molecule has 24 heavy (non-hydrogen) atoms. The Morgan fingerprint density at radius 2 is 1.79 bits per heavy atom. The van der Waals surface area contributed by atoms with E-state index in [9.17, 15) is 9.90 Å². The van der Waals surface area contributed by atoms with Crippen LogP contribution in [0.15, 0.2) is 65.2 Å². The fraction of sp³-hybridized carbons (Fsp3) is 0.158. The van der Waals surface area contributed by atoms with E-state index in [2.05, 4.69) is 4.98 Å². The number of aromatic nitrogens is 1. The van der Waals surface area contributed by atoms with Crippen LogP contribution in [-0.2, 0) is 0 Å². The van der Waals surface area contributed by atoms with Crippen LogP contribution in [0.5, 0.6) is 0 Å². The van der Waals surface area contributed by atoms with Gasteiger partial charge in [-0.05, 0) is 12.1 Å². The summed E-state index contributed by atoms with van der Waals surface area (Å²) in [6.45, 7) is 0.738. The molecule has 2 aromatic carbocycles. The molecule has 0 aliphatic carbocycles. The second-order valence-electron chi connectivity index (χ2n) is 5.81. The first-order chi connectivity index (χ1) is 11.7. The minimum absolute atomic E-state index is 0.115. The van der Waals surface area contributed by atoms with Crippen LogP contribution in [0.1, 0.15) is 10.4 Å². The van der Waals surface area contributed by atoms with Crippen molar-refractivity contribution in [2.75, 3.05) is 13.1 Å². The summed E-state index contributed by atoms with van der Waals surface area (Å²) in [7, 11) is 0. The van der Waals surface area contributed by atoms with E-state index in [1.165, 1.54) is 0 Å². The van der Waals surface area contributed by atoms with Crippen molar-refractivity contribution in [1.82, 2.24) is 9.88 Å². The Hall–Kier alpha value is -2.92. The Kier molecular flexibility index (Phi) is 3.63. The number of carbonyl (C=O) groups is 1. The lowest BCUT2D eigenvalue weighted by molar-refractivity contribution is 0.00593. The number of β-amino-alcohol motifs (C(OH)–C–C–N with tert-alkyl or cyclic N) is 1. The van der Waals surface area contributed by atoms with Crippen molar-refractivity contribution in [3.63, 3.8) is 0 Å². The van der Waals surface area contributed by atoms with Gasteiger partial charge in [-0.3, -0.25) is 4.79 Å². The van der Waals surface area contributed by atoms with Crippen LogP contribution < -0.4 is 0 Å². The number of amides is 1. The van der Waals surface area contributed by atoms with E-state index in [4.69, 9.17) is 4.42 Å². The summed E-state index contributed by atoms with van der Waals surface area (Å²) >= 11 is 0. The molecule has 0 spiro atoms. The number of aliphatic hydroxyl groups is 1. The highest BCUT2D eigenvalue weighted by Gasteiger charge is 2.31. The standard InChI is InChI=1S/C19H16N2O3/c22-14-11-21(12-14)19(23)16-9-5-4-8-15(16)18-20-10-17(24-18)13-6-2-1-3-7-13/h1-10,14,22H,11-12H2. The fourth-order valence-electron chi connectivity index (χ4n) is 2.78. The zero-order valence-electron chi connectivity index (χ0n) is 12.9. The molecule has 4 rings (SSSR count). The molecule has 0 radical (unpaired) electrons. The Balaban J connectivity index is 1.68. The maximum absolute atomic E-state index is 12.6. The molecule has 120 valence electrons. The lowest BCUT2D eigenvalue weighted by atomic mass is 10.0. The second-order valence-corrected chi connectivity index (χ2v) is 5.81. The average Bonchev–Trinajstić information content (AvgIpc) is 3.09. The zero-order valence-corrected chi connectivity index (χ0v) is 12.9. The predicted molar refractivity (Wildman–Crippen MR) is 89.3 cm³/mol. The molecular weight excluding hydrogens is 304 g/mol. The minimum atomic E-state index is -0.424. The third-order valence-electron chi connectivity index (χ3n) is 4.10. The average molecular weight is 320 g/mol. The molecule has 2 heterocycles. The lowest BCUT2D eigenvalue weighted by Crippen LogP contribution is -2.53. The van der Waals surface area contributed by atoms with Crippen LogP contribution in [-0.4, -0.2) is 40.1 Å². The van der Waals surface area contributed by atoms with Crippen LogP contribution in [0.25, 0.3) is 22.8 Å². The molecule has 1 saturated heterocycles. The van der Waals surface area contributed by atoms with Crippen LogP contribution in [0.2, 0.25) is 0 Å². The van der Waals surface area contributed by atoms with Crippen molar-refractivity contribution in [2.45, 2.75) is 6.10 Å². The van der Waals surface area contributed by atoms with Crippen molar-refractivity contribution in [2.24, 2.45) is 0 Å². The van der Waals surface area contributed by atoms with Crippen molar-refractivity contribution in [3.05, 3.63) is 66.4 Å². The van der Waals surface area contributed by atoms with E-state index in [1.807, 2.05) is 48.5 Å². The fourth-order valence-corrected chi connectivity index (χ4v) is 2.78. The summed E-state index contributed by atoms with van der Waals surface area (Å²) in [6, 6.07) is 17.0. The smallest absolute Gasteiger partial charge is 0.254 e. The highest BCUT2D eigenvalue weighted by Crippen LogP contribution is 2.29. The van der Waals surface area contributed by atoms with Gasteiger partial charge in [-0.1, -0.05) is 42.5 Å². The number of oxazole rings is 1. The molecule has 0 atom stereocenters. The second kappa shape index (κ2) is 5.94. The van der Waals surface area contributed by atoms with Gasteiger partial charge in [0.25, 0.3) is 5.91 Å². The number of nitrogens with zero attached hydrogens (tertiary/aromatic N) is 2. The first-order valence-corrected chi connectivity index (χ1v) is 7.80. The Morgan fingerprint density at radius 3 is 2.54 bits per heavy atom. The molecular formula is C19H16N2O3. The van der Waals surface area contributed by atoms with E-state index in [1.54, 1.807) is 17.2 Å². The first kappa shape index (κ1) is 14.7. The van der Waals surface area contributed by atoms with Crippen molar-refractivity contribution in [3.8, 4) is 22.8 Å². The topological polar surface area (TPSA) is 66.6 Å². The third-order valence-corrected chi connectivity index (χ3v) is 4.10. The Bertz CT molecular complexity index is 867. The van der Waals surface area contributed by atoms with Crippen LogP contribution in [0.4, 0.5) is 0 Å². The predicted octanol–water partition coefficient (Wildman–Crippen LogP) is 2.83. The van der Waals surface area contributed by atoms with Crippen molar-refractivity contribution >= 4 is 5.91 Å². The van der Waals surface area contributed by atoms with Crippen LogP contribution >= 0.6 is 0 Å². The van der Waals surface area contributed by atoms with Gasteiger partial charge in [-0.15, -0.1) is 0 Å². The maximum atomic E-state index is 12.6. The summed E-state index contributed by atoms with van der Waals surface area (Å²) in [5.41, 5.74) is 2.13. The normalized spacial score (nSPS) is 14.5. The monoisotopic (exact) mass is 320 g/mol. The largest absolute Gasteiger partial charge is 0.436 e. The van der Waals surface area contributed by atoms with Gasteiger partial charge in [-0.2, -0.15) is 0 Å². The quantitative estimate of drug-likeness (QED) is 0.806.